The molecule has 8 heteroatoms. The highest BCUT2D eigenvalue weighted by atomic mass is 32.2. The quantitative estimate of drug-likeness (QED) is 0.599. The van der Waals surface area contributed by atoms with Crippen molar-refractivity contribution in [2.75, 3.05) is 20.2 Å². The molecule has 7 nitrogen and oxygen atoms in total. The molecule has 164 valence electrons. The Balaban J connectivity index is 2.27. The van der Waals surface area contributed by atoms with Gasteiger partial charge < -0.3 is 15.2 Å². The van der Waals surface area contributed by atoms with Gasteiger partial charge in [0.25, 0.3) is 0 Å². The zero-order chi connectivity index (χ0) is 22.1. The van der Waals surface area contributed by atoms with Gasteiger partial charge in [0.2, 0.25) is 10.0 Å². The van der Waals surface area contributed by atoms with Gasteiger partial charge >= 0.3 is 6.09 Å². The van der Waals surface area contributed by atoms with E-state index in [0.29, 0.717) is 6.42 Å². The summed E-state index contributed by atoms with van der Waals surface area (Å²) in [5.74, 6) is 0.0526. The maximum absolute atomic E-state index is 13.2. The number of methoxy groups -OCH3 is 1. The SMILES string of the molecule is COC(=O)NC(Cc1ccccc1)C(O)CN(CC(C)C)S(=O)(=O)c1ccccc1. The van der Waals surface area contributed by atoms with Crippen LogP contribution in [0.1, 0.15) is 19.4 Å². The molecule has 0 spiro atoms. The minimum absolute atomic E-state index is 0.0526. The second-order valence-corrected chi connectivity index (χ2v) is 9.47. The second-order valence-electron chi connectivity index (χ2n) is 7.53. The highest BCUT2D eigenvalue weighted by Gasteiger charge is 2.31. The number of amides is 1. The number of sulfonamides is 1. The molecule has 0 radical (unpaired) electrons. The van der Waals surface area contributed by atoms with Crippen molar-refractivity contribution in [2.45, 2.75) is 37.3 Å². The van der Waals surface area contributed by atoms with Gasteiger partial charge in [0, 0.05) is 13.1 Å². The van der Waals surface area contributed by atoms with E-state index >= 15 is 0 Å². The van der Waals surface area contributed by atoms with Crippen LogP contribution in [0, 0.1) is 5.92 Å². The molecular weight excluding hydrogens is 404 g/mol. The zero-order valence-corrected chi connectivity index (χ0v) is 18.4. The van der Waals surface area contributed by atoms with E-state index in [0.717, 1.165) is 5.56 Å². The Morgan fingerprint density at radius 2 is 1.60 bits per heavy atom. The number of benzene rings is 2. The van der Waals surface area contributed by atoms with Gasteiger partial charge in [0.15, 0.2) is 0 Å². The number of aliphatic hydroxyl groups is 1. The molecule has 2 atom stereocenters. The first kappa shape index (κ1) is 23.9. The second kappa shape index (κ2) is 11.1. The van der Waals surface area contributed by atoms with Crippen molar-refractivity contribution >= 4 is 16.1 Å². The molecular formula is C22H30N2O5S. The lowest BCUT2D eigenvalue weighted by molar-refractivity contribution is 0.0944. The van der Waals surface area contributed by atoms with Crippen molar-refractivity contribution in [1.82, 2.24) is 9.62 Å². The van der Waals surface area contributed by atoms with E-state index in [1.54, 1.807) is 18.2 Å². The Kier molecular flexibility index (Phi) is 8.83. The van der Waals surface area contributed by atoms with Gasteiger partial charge in [-0.1, -0.05) is 62.4 Å². The summed E-state index contributed by atoms with van der Waals surface area (Å²) in [5.41, 5.74) is 0.902. The van der Waals surface area contributed by atoms with Crippen LogP contribution in [-0.4, -0.2) is 56.3 Å². The first-order chi connectivity index (χ1) is 14.2. The van der Waals surface area contributed by atoms with Crippen LogP contribution in [0.2, 0.25) is 0 Å². The molecule has 2 aromatic carbocycles. The van der Waals surface area contributed by atoms with Gasteiger partial charge in [-0.2, -0.15) is 4.31 Å². The molecule has 0 saturated heterocycles. The molecule has 2 aromatic rings. The molecule has 2 N–H and O–H groups in total. The monoisotopic (exact) mass is 434 g/mol. The van der Waals surface area contributed by atoms with Gasteiger partial charge in [-0.15, -0.1) is 0 Å². The fourth-order valence-corrected chi connectivity index (χ4v) is 4.76. The number of carbonyl (C=O) groups excluding carboxylic acids is 1. The molecule has 0 aliphatic carbocycles. The largest absolute Gasteiger partial charge is 0.453 e. The molecule has 0 saturated carbocycles. The number of nitrogens with zero attached hydrogens (tertiary/aromatic N) is 1. The summed E-state index contributed by atoms with van der Waals surface area (Å²) in [7, 11) is -2.56. The molecule has 1 amide bonds. The topological polar surface area (TPSA) is 95.9 Å². The van der Waals surface area contributed by atoms with Crippen LogP contribution < -0.4 is 5.32 Å². The van der Waals surface area contributed by atoms with Crippen molar-refractivity contribution in [1.29, 1.82) is 0 Å². The first-order valence-electron chi connectivity index (χ1n) is 9.85. The van der Waals surface area contributed by atoms with Gasteiger partial charge in [-0.05, 0) is 30.0 Å². The summed E-state index contributed by atoms with van der Waals surface area (Å²) in [6, 6.07) is 16.8. The van der Waals surface area contributed by atoms with Crippen LogP contribution in [0.4, 0.5) is 4.79 Å². The molecule has 0 aliphatic rings. The summed E-state index contributed by atoms with van der Waals surface area (Å²) in [4.78, 5) is 12.0. The van der Waals surface area contributed by atoms with Crippen LogP contribution in [-0.2, 0) is 21.2 Å². The summed E-state index contributed by atoms with van der Waals surface area (Å²) in [6.45, 7) is 3.91. The third-order valence-corrected chi connectivity index (χ3v) is 6.44. The summed E-state index contributed by atoms with van der Waals surface area (Å²) < 4.78 is 32.3. The number of aliphatic hydroxyl groups excluding tert-OH is 1. The number of nitrogens with one attached hydrogen (secondary N) is 1. The van der Waals surface area contributed by atoms with Crippen LogP contribution >= 0.6 is 0 Å². The van der Waals surface area contributed by atoms with Crippen LogP contribution in [0.5, 0.6) is 0 Å². The normalized spacial score (nSPS) is 13.8. The van der Waals surface area contributed by atoms with E-state index < -0.39 is 28.3 Å². The minimum Gasteiger partial charge on any atom is -0.453 e. The van der Waals surface area contributed by atoms with Gasteiger partial charge in [0.05, 0.1) is 24.2 Å². The Labute approximate surface area is 178 Å². The lowest BCUT2D eigenvalue weighted by atomic mass is 10.0. The van der Waals surface area contributed by atoms with Crippen LogP contribution in [0.3, 0.4) is 0 Å². The first-order valence-corrected chi connectivity index (χ1v) is 11.3. The lowest BCUT2D eigenvalue weighted by Crippen LogP contribution is -2.51. The van der Waals surface area contributed by atoms with Crippen molar-refractivity contribution < 1.29 is 23.1 Å². The standard InChI is InChI=1S/C22H30N2O5S/c1-17(2)15-24(30(27,28)19-12-8-5-9-13-19)16-21(25)20(23-22(26)29-3)14-18-10-6-4-7-11-18/h4-13,17,20-21,25H,14-16H2,1-3H3,(H,23,26). The van der Waals surface area contributed by atoms with E-state index in [1.165, 1.54) is 23.5 Å². The van der Waals surface area contributed by atoms with E-state index in [-0.39, 0.29) is 23.9 Å². The van der Waals surface area contributed by atoms with Crippen molar-refractivity contribution in [2.24, 2.45) is 5.92 Å². The predicted octanol–water partition coefficient (Wildman–Crippen LogP) is 2.66. The highest BCUT2D eigenvalue weighted by Crippen LogP contribution is 2.19. The molecule has 0 heterocycles. The number of rotatable bonds is 10. The summed E-state index contributed by atoms with van der Waals surface area (Å²) in [6.07, 6.45) is -1.49. The average molecular weight is 435 g/mol. The number of ether oxygens (including phenoxy) is 1. The Hall–Kier alpha value is -2.42. The van der Waals surface area contributed by atoms with E-state index in [9.17, 15) is 18.3 Å². The molecule has 30 heavy (non-hydrogen) atoms. The van der Waals surface area contributed by atoms with Gasteiger partial charge in [0.1, 0.15) is 0 Å². The maximum Gasteiger partial charge on any atom is 0.407 e. The lowest BCUT2D eigenvalue weighted by Gasteiger charge is -2.30. The Morgan fingerprint density at radius 3 is 2.13 bits per heavy atom. The fourth-order valence-electron chi connectivity index (χ4n) is 3.12. The Bertz CT molecular complexity index is 888. The fraction of sp³-hybridized carbons (Fsp3) is 0.409. The van der Waals surface area contributed by atoms with Crippen molar-refractivity contribution in [3.63, 3.8) is 0 Å². The highest BCUT2D eigenvalue weighted by molar-refractivity contribution is 7.89. The van der Waals surface area contributed by atoms with Gasteiger partial charge in [-0.25, -0.2) is 13.2 Å². The number of carbonyl (C=O) groups is 1. The van der Waals surface area contributed by atoms with Crippen molar-refractivity contribution in [3.05, 3.63) is 66.2 Å². The molecule has 0 fully saturated rings. The molecule has 0 aromatic heterocycles. The molecule has 0 aliphatic heterocycles. The smallest absolute Gasteiger partial charge is 0.407 e. The maximum atomic E-state index is 13.2. The average Bonchev–Trinajstić information content (AvgIpc) is 2.73. The van der Waals surface area contributed by atoms with Crippen LogP contribution in [0.15, 0.2) is 65.6 Å². The molecule has 2 unspecified atom stereocenters. The summed E-state index contributed by atoms with van der Waals surface area (Å²) in [5, 5.41) is 13.6. The number of hydrogen-bond acceptors (Lipinski definition) is 5. The zero-order valence-electron chi connectivity index (χ0n) is 17.6. The third kappa shape index (κ3) is 6.83. The van der Waals surface area contributed by atoms with E-state index in [2.05, 4.69) is 10.1 Å². The number of hydrogen-bond donors (Lipinski definition) is 2. The minimum atomic E-state index is -3.80. The molecule has 2 rings (SSSR count). The summed E-state index contributed by atoms with van der Waals surface area (Å²) >= 11 is 0. The number of alkyl carbamates (subject to hydrolysis) is 1. The predicted molar refractivity (Wildman–Crippen MR) is 116 cm³/mol. The third-order valence-electron chi connectivity index (χ3n) is 4.59. The Morgan fingerprint density at radius 1 is 1.03 bits per heavy atom. The van der Waals surface area contributed by atoms with Crippen molar-refractivity contribution in [3.8, 4) is 0 Å². The van der Waals surface area contributed by atoms with E-state index in [4.69, 9.17) is 0 Å². The van der Waals surface area contributed by atoms with E-state index in [1.807, 2.05) is 44.2 Å². The molecule has 0 bridgehead atoms. The van der Waals surface area contributed by atoms with Gasteiger partial charge in [-0.3, -0.25) is 0 Å². The van der Waals surface area contributed by atoms with Crippen LogP contribution in [0.25, 0.3) is 0 Å².